The van der Waals surface area contributed by atoms with E-state index in [2.05, 4.69) is 60.6 Å². The number of anilines is 2. The molecule has 2 heterocycles. The van der Waals surface area contributed by atoms with Gasteiger partial charge < -0.3 is 49.0 Å². The van der Waals surface area contributed by atoms with Crippen molar-refractivity contribution in [2.24, 2.45) is 5.73 Å². The summed E-state index contributed by atoms with van der Waals surface area (Å²) in [4.78, 5) is 116. The summed E-state index contributed by atoms with van der Waals surface area (Å²) in [5.74, 6) is -1.06. The van der Waals surface area contributed by atoms with Crippen molar-refractivity contribution in [1.82, 2.24) is 26.6 Å². The molecule has 2 fully saturated rings. The molecule has 4 unspecified atom stereocenters. The summed E-state index contributed by atoms with van der Waals surface area (Å²) in [6, 6.07) is 17.5. The molecule has 618 valence electrons. The second-order valence-corrected chi connectivity index (χ2v) is 26.8. The number of nitrogens with zero attached hydrogens (tertiary/aromatic N) is 11. The van der Waals surface area contributed by atoms with E-state index in [1.165, 1.54) is 84.2 Å². The molecule has 2 aliphatic heterocycles. The molecule has 4 atom stereocenters. The zero-order valence-corrected chi connectivity index (χ0v) is 67.4. The van der Waals surface area contributed by atoms with Crippen LogP contribution < -0.4 is 50.5 Å². The lowest BCUT2D eigenvalue weighted by Gasteiger charge is -2.15. The number of thioether (sulfide) groups is 2. The third-order valence-corrected chi connectivity index (χ3v) is 16.7. The Labute approximate surface area is 668 Å². The first-order valence-corrected chi connectivity index (χ1v) is 39.7. The van der Waals surface area contributed by atoms with E-state index in [1.54, 1.807) is 30.6 Å². The van der Waals surface area contributed by atoms with E-state index in [0.717, 1.165) is 129 Å². The third kappa shape index (κ3) is 56.9. The minimum atomic E-state index is -4.43. The van der Waals surface area contributed by atoms with Crippen LogP contribution in [0.25, 0.3) is 4.85 Å². The number of carbonyl (C=O) groups is 7. The quantitative estimate of drug-likeness (QED) is 0.00692. The van der Waals surface area contributed by atoms with Gasteiger partial charge in [0.05, 0.1) is 90.2 Å². The molecule has 7 N–H and O–H groups in total. The molecule has 0 aromatic heterocycles. The Bertz CT molecular complexity index is 3720. The Morgan fingerprint density at radius 2 is 0.938 bits per heavy atom. The maximum Gasteiger partial charge on any atom is 0.500 e. The van der Waals surface area contributed by atoms with Crippen molar-refractivity contribution in [3.63, 3.8) is 0 Å². The zero-order chi connectivity index (χ0) is 86.3. The predicted octanol–water partition coefficient (Wildman–Crippen LogP) is 8.47. The Balaban J connectivity index is -0.000000635. The van der Waals surface area contributed by atoms with Gasteiger partial charge in [-0.15, -0.1) is 40.4 Å². The molecule has 0 bridgehead atoms. The maximum atomic E-state index is 12.5. The molecule has 113 heavy (non-hydrogen) atoms. The van der Waals surface area contributed by atoms with Crippen molar-refractivity contribution < 1.29 is 81.9 Å². The Morgan fingerprint density at radius 1 is 0.575 bits per heavy atom. The van der Waals surface area contributed by atoms with Gasteiger partial charge in [0.15, 0.2) is 6.20 Å². The fourth-order valence-electron chi connectivity index (χ4n) is 7.38. The normalized spacial score (nSPS) is 13.7. The maximum absolute atomic E-state index is 12.5. The highest BCUT2D eigenvalue weighted by Crippen LogP contribution is 2.34. The summed E-state index contributed by atoms with van der Waals surface area (Å²) in [6.07, 6.45) is 20.6. The molecule has 2 aliphatic rings. The summed E-state index contributed by atoms with van der Waals surface area (Å²) in [7, 11) is -8.85. The van der Waals surface area contributed by atoms with Crippen LogP contribution in [0.15, 0.2) is 122 Å². The second kappa shape index (κ2) is 69.3. The van der Waals surface area contributed by atoms with E-state index in [9.17, 15) is 80.7 Å². The van der Waals surface area contributed by atoms with Gasteiger partial charge in [-0.1, -0.05) is 67.5 Å². The van der Waals surface area contributed by atoms with Crippen LogP contribution in [0.2, 0.25) is 0 Å². The molecule has 4 rings (SSSR count). The van der Waals surface area contributed by atoms with Gasteiger partial charge in [-0.2, -0.15) is 26.3 Å². The minimum absolute atomic E-state index is 0.0208. The van der Waals surface area contributed by atoms with Gasteiger partial charge in [0.25, 0.3) is 0 Å². The van der Waals surface area contributed by atoms with E-state index >= 15 is 0 Å². The van der Waals surface area contributed by atoms with Crippen LogP contribution in [0.4, 0.5) is 11.4 Å². The Hall–Kier alpha value is -11.9. The lowest BCUT2D eigenvalue weighted by molar-refractivity contribution is -0.508. The minimum Gasteiger partial charge on any atom is -0.390 e. The summed E-state index contributed by atoms with van der Waals surface area (Å²) in [6.45, 7) is 26.4. The number of allylic oxidation sites excluding steroid dienone is 5. The summed E-state index contributed by atoms with van der Waals surface area (Å²) in [5.41, 5.74) is 5.47. The molecule has 0 radical (unpaired) electrons. The lowest BCUT2D eigenvalue weighted by Crippen LogP contribution is -2.31. The highest BCUT2D eigenvalue weighted by molar-refractivity contribution is 8.00. The number of hydrogen-bond acceptors (Lipinski definition) is 31. The van der Waals surface area contributed by atoms with E-state index < -0.39 is 58.2 Å². The zero-order valence-electron chi connectivity index (χ0n) is 64.1. The molecule has 2 saturated heterocycles. The van der Waals surface area contributed by atoms with E-state index in [-0.39, 0.29) is 103 Å². The Kier molecular flexibility index (Phi) is 65.9. The number of nitro groups is 3. The molecule has 42 heteroatoms. The van der Waals surface area contributed by atoms with Gasteiger partial charge in [0.2, 0.25) is 60.0 Å². The average Bonchev–Trinajstić information content (AvgIpc) is 1.68. The third-order valence-electron chi connectivity index (χ3n) is 12.4. The molecule has 0 spiro atoms. The predicted molar refractivity (Wildman–Crippen MR) is 424 cm³/mol. The van der Waals surface area contributed by atoms with Gasteiger partial charge >= 0.3 is 20.8 Å². The molecule has 2 aromatic carbocycles. The molecule has 38 nitrogen and oxygen atoms in total. The van der Waals surface area contributed by atoms with E-state index in [0.29, 0.717) is 32.2 Å². The van der Waals surface area contributed by atoms with Crippen LogP contribution in [0, 0.1) is 93.6 Å². The van der Waals surface area contributed by atoms with E-state index in [1.807, 2.05) is 46.8 Å². The molecule has 0 saturated carbocycles. The average molecular weight is 1650 g/mol. The highest BCUT2D eigenvalue weighted by Gasteiger charge is 2.41. The first kappa shape index (κ1) is 107. The van der Waals surface area contributed by atoms with Gasteiger partial charge in [0.1, 0.15) is 24.0 Å². The number of nitrogens with two attached hydrogens (primary N) is 1. The smallest absolute Gasteiger partial charge is 0.390 e. The first-order chi connectivity index (χ1) is 53.9. The highest BCUT2D eigenvalue weighted by atomic mass is 32.3. The van der Waals surface area contributed by atoms with Crippen LogP contribution in [0.1, 0.15) is 139 Å². The lowest BCUT2D eigenvalue weighted by atomic mass is 10.2. The fourth-order valence-corrected chi connectivity index (χ4v) is 10.6. The van der Waals surface area contributed by atoms with Gasteiger partial charge in [-0.05, 0) is 106 Å². The first-order valence-electron chi connectivity index (χ1n) is 35.0. The molecular weight excluding hydrogens is 1560 g/mol. The second-order valence-electron chi connectivity index (χ2n) is 21.8. The number of amides is 7. The number of imide groups is 2. The van der Waals surface area contributed by atoms with Crippen LogP contribution in [0.3, 0.4) is 0 Å². The SMILES string of the molecule is CCCN.CCCN/C=C/C#N.CCCN/C=C\C#N.CCCNC(=O)CC(/C=C\C#N)[N+](=O)[O-].CCCNC(=O)CC[N+](=O)[O-].CCCSC1CC(=O)N(c2cccc(OS(=O)(=O)O/C=C/C#N)c2)C1=O.CCCSC1CC(=O)N(c2cccc(OS(=O)(=O)O/C=C/C#N)c2)C1=O.[C-]#[N+]/C=C/C(CC(=O)NCCC)[N+](=O)[O-]. The number of carbonyl (C=O) groups excluding carboxylic acids is 7. The largest absolute Gasteiger partial charge is 0.500 e. The molecular formula is C71H99N17O21S4. The van der Waals surface area contributed by atoms with Crippen LogP contribution in [-0.2, 0) is 62.7 Å². The molecule has 2 aromatic rings. The van der Waals surface area contributed by atoms with E-state index in [4.69, 9.17) is 47.0 Å². The van der Waals surface area contributed by atoms with Gasteiger partial charge in [-0.25, -0.2) is 14.6 Å². The van der Waals surface area contributed by atoms with Crippen LogP contribution in [0.5, 0.6) is 11.5 Å². The molecule has 0 aliphatic carbocycles. The number of rotatable bonds is 40. The van der Waals surface area contributed by atoms with Crippen molar-refractivity contribution in [3.8, 4) is 41.8 Å². The summed E-state index contributed by atoms with van der Waals surface area (Å²) < 4.78 is 64.8. The standard InChI is InChI=1S/2C16H16N2O6S2.2C9H13N3O3.C6H12N2O3.2C6H10N2.C3H9N/c2*1-2-9-25-14-11-15(19)18(16(14)20)12-5-3-6-13(10-12)24-26(21,22)23-8-4-7-17;1-3-5-11-9(13)7-8(12(14)15)4-6-10-2;1-2-6-11-9(13)7-8(12(14)15)4-3-5-10;1-2-4-7-6(9)3-5-8(10)11;2*1-2-5-8-6-3-4-7;1-2-3-4/h2*3-6,8,10,14H,2,9,11H2,1H3;4,6,8H,3,5,7H2,1H3,(H,11,13);3-4,8H,2,6-7H2,1H3,(H,11,13);2-5H2,1H3,(H,7,9);2*3,6,8H,2,5H2,1H3;2-4H2,1H3/b2*8-4+;6-4+;4-3-;;6-3+;6-3-;. The van der Waals surface area contributed by atoms with Crippen LogP contribution >= 0.6 is 23.5 Å². The Morgan fingerprint density at radius 3 is 1.26 bits per heavy atom. The van der Waals surface area contributed by atoms with Crippen molar-refractivity contribution in [2.45, 2.75) is 161 Å². The number of nitriles is 5. The summed E-state index contributed by atoms with van der Waals surface area (Å²) in [5, 5.41) is 84.2. The van der Waals surface area contributed by atoms with Crippen molar-refractivity contribution in [1.29, 1.82) is 26.3 Å². The topological polar surface area (TPSA) is 570 Å². The number of hydrogen-bond donors (Lipinski definition) is 6. The van der Waals surface area contributed by atoms with Crippen molar-refractivity contribution >= 4 is 97.0 Å². The van der Waals surface area contributed by atoms with Gasteiger partial charge in [-0.3, -0.25) is 63.9 Å². The van der Waals surface area contributed by atoms with Gasteiger partial charge in [0, 0.05) is 103 Å². The van der Waals surface area contributed by atoms with Crippen molar-refractivity contribution in [2.75, 3.05) is 67.1 Å². The van der Waals surface area contributed by atoms with Crippen molar-refractivity contribution in [3.05, 3.63) is 164 Å². The summed E-state index contributed by atoms with van der Waals surface area (Å²) >= 11 is 2.85. The van der Waals surface area contributed by atoms with Crippen LogP contribution in [-0.4, -0.2) is 153 Å². The monoisotopic (exact) mass is 1650 g/mol. The number of benzene rings is 2. The molecule has 7 amide bonds. The number of nitrogens with one attached hydrogen (secondary N) is 5. The fraction of sp³-hybridized carbons (Fsp3) is 0.479.